The molecule has 0 atom stereocenters. The van der Waals surface area contributed by atoms with Gasteiger partial charge in [0.05, 0.1) is 22.2 Å². The normalized spacial score (nSPS) is 10.8. The van der Waals surface area contributed by atoms with Crippen molar-refractivity contribution in [3.8, 4) is 0 Å². The Morgan fingerprint density at radius 1 is 0.906 bits per heavy atom. The smallest absolute Gasteiger partial charge is 0.276 e. The third-order valence-electron chi connectivity index (χ3n) is 4.68. The van der Waals surface area contributed by atoms with Crippen LogP contribution in [0.5, 0.6) is 0 Å². The quantitative estimate of drug-likeness (QED) is 0.202. The van der Waals surface area contributed by atoms with Gasteiger partial charge in [0.25, 0.3) is 5.22 Å². The number of rotatable bonds is 9. The van der Waals surface area contributed by atoms with Crippen molar-refractivity contribution in [3.63, 3.8) is 0 Å². The van der Waals surface area contributed by atoms with Crippen molar-refractivity contribution in [2.45, 2.75) is 18.1 Å². The van der Waals surface area contributed by atoms with E-state index < -0.39 is 0 Å². The topological polar surface area (TPSA) is 68.0 Å². The Kier molecular flexibility index (Phi) is 7.47. The number of nitrogens with one attached hydrogen (secondary N) is 1. The maximum Gasteiger partial charge on any atom is 0.276 e. The van der Waals surface area contributed by atoms with Gasteiger partial charge < -0.3 is 9.73 Å². The SMILES string of the molecule is O=C(CCSc1nnc(Cc2ccccc2Nc2c(Cl)cccc2Cl)o1)c1ccccc1. The highest BCUT2D eigenvalue weighted by Gasteiger charge is 2.13. The van der Waals surface area contributed by atoms with Crippen LogP contribution in [0.3, 0.4) is 0 Å². The number of aromatic nitrogens is 2. The minimum atomic E-state index is 0.0936. The molecule has 5 nitrogen and oxygen atoms in total. The summed E-state index contributed by atoms with van der Waals surface area (Å²) in [6.45, 7) is 0. The summed E-state index contributed by atoms with van der Waals surface area (Å²) in [6, 6.07) is 22.4. The van der Waals surface area contributed by atoms with Gasteiger partial charge in [-0.05, 0) is 23.8 Å². The van der Waals surface area contributed by atoms with Gasteiger partial charge in [0.15, 0.2) is 5.78 Å². The molecule has 4 aromatic rings. The van der Waals surface area contributed by atoms with Crippen molar-refractivity contribution < 1.29 is 9.21 Å². The Morgan fingerprint density at radius 2 is 1.62 bits per heavy atom. The lowest BCUT2D eigenvalue weighted by Crippen LogP contribution is -1.99. The maximum absolute atomic E-state index is 12.2. The summed E-state index contributed by atoms with van der Waals surface area (Å²) in [4.78, 5) is 12.2. The fraction of sp³-hybridized carbons (Fsp3) is 0.125. The van der Waals surface area contributed by atoms with E-state index in [0.717, 1.165) is 11.3 Å². The fourth-order valence-electron chi connectivity index (χ4n) is 3.08. The number of Topliss-reactive ketones (excluding diaryl/α,β-unsaturated/α-hetero) is 1. The number of hydrogen-bond donors (Lipinski definition) is 1. The van der Waals surface area contributed by atoms with Crippen molar-refractivity contribution in [2.75, 3.05) is 11.1 Å². The average Bonchev–Trinajstić information content (AvgIpc) is 3.25. The molecule has 0 aliphatic carbocycles. The predicted molar refractivity (Wildman–Crippen MR) is 129 cm³/mol. The first kappa shape index (κ1) is 22.4. The second kappa shape index (κ2) is 10.7. The lowest BCUT2D eigenvalue weighted by molar-refractivity contribution is 0.0989. The number of para-hydroxylation sites is 2. The zero-order chi connectivity index (χ0) is 22.3. The highest BCUT2D eigenvalue weighted by atomic mass is 35.5. The molecule has 32 heavy (non-hydrogen) atoms. The minimum Gasteiger partial charge on any atom is -0.416 e. The molecule has 162 valence electrons. The molecule has 0 amide bonds. The fourth-order valence-corrected chi connectivity index (χ4v) is 4.29. The molecule has 0 saturated carbocycles. The second-order valence-corrected chi connectivity index (χ2v) is 8.77. The number of nitrogens with zero attached hydrogens (tertiary/aromatic N) is 2. The van der Waals surface area contributed by atoms with Crippen molar-refractivity contribution in [2.24, 2.45) is 0 Å². The summed E-state index contributed by atoms with van der Waals surface area (Å²) >= 11 is 14.0. The Labute approximate surface area is 200 Å². The molecular weight excluding hydrogens is 465 g/mol. The number of ketones is 1. The molecule has 1 N–H and O–H groups in total. The Morgan fingerprint density at radius 3 is 2.41 bits per heavy atom. The number of carbonyl (C=O) groups is 1. The van der Waals surface area contributed by atoms with Crippen LogP contribution in [-0.2, 0) is 6.42 Å². The summed E-state index contributed by atoms with van der Waals surface area (Å²) in [5.74, 6) is 1.15. The Balaban J connectivity index is 1.38. The van der Waals surface area contributed by atoms with Crippen LogP contribution in [0.1, 0.15) is 28.2 Å². The molecule has 0 saturated heterocycles. The standard InChI is InChI=1S/C24H19Cl2N3O2S/c25-18-10-6-11-19(26)23(18)27-20-12-5-4-9-17(20)15-22-28-29-24(31-22)32-14-13-21(30)16-7-2-1-3-8-16/h1-12,27H,13-15H2. The zero-order valence-corrected chi connectivity index (χ0v) is 19.3. The molecular formula is C24H19Cl2N3O2S. The predicted octanol–water partition coefficient (Wildman–Crippen LogP) is 7.08. The van der Waals surface area contributed by atoms with Crippen LogP contribution in [0.25, 0.3) is 0 Å². The van der Waals surface area contributed by atoms with Gasteiger partial charge in [0.1, 0.15) is 0 Å². The van der Waals surface area contributed by atoms with Gasteiger partial charge in [-0.15, -0.1) is 10.2 Å². The van der Waals surface area contributed by atoms with Crippen LogP contribution < -0.4 is 5.32 Å². The molecule has 3 aromatic carbocycles. The van der Waals surface area contributed by atoms with Crippen LogP contribution >= 0.6 is 35.0 Å². The monoisotopic (exact) mass is 483 g/mol. The lowest BCUT2D eigenvalue weighted by atomic mass is 10.1. The van der Waals surface area contributed by atoms with Crippen LogP contribution in [-0.4, -0.2) is 21.7 Å². The van der Waals surface area contributed by atoms with Gasteiger partial charge in [-0.1, -0.05) is 89.6 Å². The minimum absolute atomic E-state index is 0.0936. The van der Waals surface area contributed by atoms with Crippen molar-refractivity contribution >= 4 is 52.1 Å². The van der Waals surface area contributed by atoms with Crippen molar-refractivity contribution in [3.05, 3.63) is 99.9 Å². The lowest BCUT2D eigenvalue weighted by Gasteiger charge is -2.13. The molecule has 0 radical (unpaired) electrons. The van der Waals surface area contributed by atoms with Gasteiger partial charge >= 0.3 is 0 Å². The van der Waals surface area contributed by atoms with E-state index in [1.54, 1.807) is 18.2 Å². The van der Waals surface area contributed by atoms with Crippen LogP contribution in [0.2, 0.25) is 10.0 Å². The number of anilines is 2. The summed E-state index contributed by atoms with van der Waals surface area (Å²) in [7, 11) is 0. The molecule has 0 unspecified atom stereocenters. The number of carbonyl (C=O) groups excluding carboxylic acids is 1. The third-order valence-corrected chi connectivity index (χ3v) is 6.13. The Hall–Kier alpha value is -2.80. The Bertz CT molecular complexity index is 1190. The first-order valence-corrected chi connectivity index (χ1v) is 11.7. The summed E-state index contributed by atoms with van der Waals surface area (Å²) in [5.41, 5.74) is 3.17. The zero-order valence-electron chi connectivity index (χ0n) is 16.9. The van der Waals surface area contributed by atoms with E-state index >= 15 is 0 Å². The molecule has 8 heteroatoms. The number of hydrogen-bond acceptors (Lipinski definition) is 6. The first-order chi connectivity index (χ1) is 15.6. The van der Waals surface area contributed by atoms with E-state index in [1.807, 2.05) is 54.6 Å². The first-order valence-electron chi connectivity index (χ1n) is 9.92. The average molecular weight is 484 g/mol. The van der Waals surface area contributed by atoms with E-state index in [1.165, 1.54) is 11.8 Å². The van der Waals surface area contributed by atoms with Gasteiger partial charge in [-0.2, -0.15) is 0 Å². The molecule has 0 fully saturated rings. The van der Waals surface area contributed by atoms with Crippen LogP contribution in [0.15, 0.2) is 82.4 Å². The summed E-state index contributed by atoms with van der Waals surface area (Å²) < 4.78 is 5.78. The van der Waals surface area contributed by atoms with Gasteiger partial charge in [0, 0.05) is 23.4 Å². The van der Waals surface area contributed by atoms with E-state index in [9.17, 15) is 4.79 Å². The molecule has 0 bridgehead atoms. The van der Waals surface area contributed by atoms with Crippen molar-refractivity contribution in [1.29, 1.82) is 0 Å². The highest BCUT2D eigenvalue weighted by molar-refractivity contribution is 7.99. The molecule has 0 aliphatic heterocycles. The molecule has 0 spiro atoms. The largest absolute Gasteiger partial charge is 0.416 e. The van der Waals surface area contributed by atoms with E-state index in [0.29, 0.717) is 51.0 Å². The summed E-state index contributed by atoms with van der Waals surface area (Å²) in [5, 5.41) is 13.1. The van der Waals surface area contributed by atoms with Gasteiger partial charge in [-0.3, -0.25) is 4.79 Å². The highest BCUT2D eigenvalue weighted by Crippen LogP contribution is 2.34. The number of halogens is 2. The number of benzene rings is 3. The van der Waals surface area contributed by atoms with Crippen LogP contribution in [0, 0.1) is 0 Å². The molecule has 1 aromatic heterocycles. The van der Waals surface area contributed by atoms with Crippen molar-refractivity contribution in [1.82, 2.24) is 10.2 Å². The van der Waals surface area contributed by atoms with E-state index in [-0.39, 0.29) is 5.78 Å². The maximum atomic E-state index is 12.2. The molecule has 0 aliphatic rings. The van der Waals surface area contributed by atoms with Gasteiger partial charge in [0.2, 0.25) is 5.89 Å². The summed E-state index contributed by atoms with van der Waals surface area (Å²) in [6.07, 6.45) is 0.847. The van der Waals surface area contributed by atoms with E-state index in [4.69, 9.17) is 27.6 Å². The van der Waals surface area contributed by atoms with Gasteiger partial charge in [-0.25, -0.2) is 0 Å². The molecule has 1 heterocycles. The number of thioether (sulfide) groups is 1. The second-order valence-electron chi connectivity index (χ2n) is 6.90. The van der Waals surface area contributed by atoms with E-state index in [2.05, 4.69) is 15.5 Å². The molecule has 4 rings (SSSR count). The van der Waals surface area contributed by atoms with Crippen LogP contribution in [0.4, 0.5) is 11.4 Å². The third kappa shape index (κ3) is 5.71.